The molecule has 116 valence electrons. The normalized spacial score (nSPS) is 14.1. The molecule has 1 fully saturated rings. The number of nitrogens with zero attached hydrogens (tertiary/aromatic N) is 1. The van der Waals surface area contributed by atoms with E-state index in [9.17, 15) is 4.79 Å². The van der Waals surface area contributed by atoms with E-state index in [1.165, 1.54) is 29.8 Å². The maximum Gasteiger partial charge on any atom is 0.251 e. The number of hydrogen-bond acceptors (Lipinski definition) is 1. The van der Waals surface area contributed by atoms with Gasteiger partial charge in [0.05, 0.1) is 0 Å². The van der Waals surface area contributed by atoms with E-state index in [4.69, 9.17) is 0 Å². The third-order valence-electron chi connectivity index (χ3n) is 4.29. The monoisotopic (exact) mass is 360 g/mol. The highest BCUT2D eigenvalue weighted by atomic mass is 79.9. The van der Waals surface area contributed by atoms with Crippen molar-refractivity contribution in [1.29, 1.82) is 0 Å². The third-order valence-corrected chi connectivity index (χ3v) is 4.82. The molecule has 0 atom stereocenters. The van der Waals surface area contributed by atoms with E-state index in [2.05, 4.69) is 45.7 Å². The van der Waals surface area contributed by atoms with E-state index >= 15 is 0 Å². The smallest absolute Gasteiger partial charge is 0.251 e. The summed E-state index contributed by atoms with van der Waals surface area (Å²) in [5.41, 5.74) is 4.75. The second kappa shape index (κ2) is 6.29. The van der Waals surface area contributed by atoms with Crippen molar-refractivity contribution in [3.63, 3.8) is 0 Å². The molecule has 3 rings (SSSR count). The SMILES string of the molecule is Cc1cc(CCNC(=O)c2ccc(Br)cc2)c(C)n1C1CC1. The molecule has 0 saturated heterocycles. The van der Waals surface area contributed by atoms with Crippen LogP contribution >= 0.6 is 15.9 Å². The summed E-state index contributed by atoms with van der Waals surface area (Å²) in [6.45, 7) is 5.04. The largest absolute Gasteiger partial charge is 0.352 e. The van der Waals surface area contributed by atoms with Gasteiger partial charge in [0.25, 0.3) is 5.91 Å². The first-order valence-electron chi connectivity index (χ1n) is 7.77. The fraction of sp³-hybridized carbons (Fsp3) is 0.389. The number of benzene rings is 1. The number of carbonyl (C=O) groups excluding carboxylic acids is 1. The molecule has 1 aliphatic rings. The maximum atomic E-state index is 12.1. The first-order valence-corrected chi connectivity index (χ1v) is 8.56. The van der Waals surface area contributed by atoms with Gasteiger partial charge in [-0.1, -0.05) is 15.9 Å². The van der Waals surface area contributed by atoms with Gasteiger partial charge in [-0.2, -0.15) is 0 Å². The molecular formula is C18H21BrN2O. The van der Waals surface area contributed by atoms with Crippen LogP contribution in [0.25, 0.3) is 0 Å². The quantitative estimate of drug-likeness (QED) is 0.852. The van der Waals surface area contributed by atoms with Crippen molar-refractivity contribution in [3.05, 3.63) is 57.3 Å². The average Bonchev–Trinajstić information content (AvgIpc) is 3.27. The van der Waals surface area contributed by atoms with Gasteiger partial charge in [0.15, 0.2) is 0 Å². The van der Waals surface area contributed by atoms with Gasteiger partial charge in [-0.25, -0.2) is 0 Å². The Bertz CT molecular complexity index is 684. The standard InChI is InChI=1S/C18H21BrN2O/c1-12-11-15(13(2)21(12)17-7-8-17)9-10-20-18(22)14-3-5-16(19)6-4-14/h3-6,11,17H,7-10H2,1-2H3,(H,20,22). The Kier molecular flexibility index (Phi) is 4.39. The van der Waals surface area contributed by atoms with E-state index in [0.29, 0.717) is 18.2 Å². The van der Waals surface area contributed by atoms with Gasteiger partial charge in [0.2, 0.25) is 0 Å². The van der Waals surface area contributed by atoms with Crippen molar-refractivity contribution < 1.29 is 4.79 Å². The lowest BCUT2D eigenvalue weighted by atomic mass is 10.1. The second-order valence-electron chi connectivity index (χ2n) is 6.01. The minimum atomic E-state index is -0.0106. The first-order chi connectivity index (χ1) is 10.6. The highest BCUT2D eigenvalue weighted by Gasteiger charge is 2.26. The lowest BCUT2D eigenvalue weighted by Gasteiger charge is -2.08. The maximum absolute atomic E-state index is 12.1. The predicted octanol–water partition coefficient (Wildman–Crippen LogP) is 4.17. The topological polar surface area (TPSA) is 34.0 Å². The Labute approximate surface area is 139 Å². The molecule has 4 heteroatoms. The molecule has 1 N–H and O–H groups in total. The molecular weight excluding hydrogens is 340 g/mol. The van der Waals surface area contributed by atoms with Crippen LogP contribution in [0.1, 0.15) is 46.2 Å². The van der Waals surface area contributed by atoms with E-state index in [-0.39, 0.29) is 5.91 Å². The van der Waals surface area contributed by atoms with Gasteiger partial charge in [0.1, 0.15) is 0 Å². The van der Waals surface area contributed by atoms with E-state index in [1.807, 2.05) is 24.3 Å². The molecule has 0 spiro atoms. The molecule has 0 bridgehead atoms. The highest BCUT2D eigenvalue weighted by molar-refractivity contribution is 9.10. The molecule has 0 radical (unpaired) electrons. The molecule has 0 aliphatic heterocycles. The number of nitrogens with one attached hydrogen (secondary N) is 1. The van der Waals surface area contributed by atoms with Crippen LogP contribution in [0, 0.1) is 13.8 Å². The number of aryl methyl sites for hydroxylation is 1. The van der Waals surface area contributed by atoms with Crippen molar-refractivity contribution in [3.8, 4) is 0 Å². The molecule has 3 nitrogen and oxygen atoms in total. The lowest BCUT2D eigenvalue weighted by molar-refractivity contribution is 0.0954. The fourth-order valence-electron chi connectivity index (χ4n) is 3.01. The number of halogens is 1. The third kappa shape index (κ3) is 3.27. The van der Waals surface area contributed by atoms with Crippen molar-refractivity contribution in [2.45, 2.75) is 39.2 Å². The number of hydrogen-bond donors (Lipinski definition) is 1. The summed E-state index contributed by atoms with van der Waals surface area (Å²) in [6, 6.07) is 10.4. The molecule has 1 amide bonds. The number of aromatic nitrogens is 1. The van der Waals surface area contributed by atoms with Gasteiger partial charge in [-0.15, -0.1) is 0 Å². The van der Waals surface area contributed by atoms with Crippen LogP contribution in [0.5, 0.6) is 0 Å². The van der Waals surface area contributed by atoms with Crippen LogP contribution < -0.4 is 5.32 Å². The lowest BCUT2D eigenvalue weighted by Crippen LogP contribution is -2.25. The van der Waals surface area contributed by atoms with Gasteiger partial charge in [-0.3, -0.25) is 4.79 Å². The molecule has 1 aromatic carbocycles. The molecule has 1 aliphatic carbocycles. The van der Waals surface area contributed by atoms with Gasteiger partial charge < -0.3 is 9.88 Å². The van der Waals surface area contributed by atoms with Crippen molar-refractivity contribution in [1.82, 2.24) is 9.88 Å². The van der Waals surface area contributed by atoms with Crippen LogP contribution in [0.15, 0.2) is 34.8 Å². The highest BCUT2D eigenvalue weighted by Crippen LogP contribution is 2.38. The molecule has 1 saturated carbocycles. The zero-order chi connectivity index (χ0) is 15.7. The fourth-order valence-corrected chi connectivity index (χ4v) is 3.27. The Morgan fingerprint density at radius 2 is 1.95 bits per heavy atom. The number of carbonyl (C=O) groups is 1. The summed E-state index contributed by atoms with van der Waals surface area (Å²) in [6.07, 6.45) is 3.49. The minimum Gasteiger partial charge on any atom is -0.352 e. The Morgan fingerprint density at radius 1 is 1.27 bits per heavy atom. The van der Waals surface area contributed by atoms with Crippen molar-refractivity contribution >= 4 is 21.8 Å². The molecule has 22 heavy (non-hydrogen) atoms. The zero-order valence-corrected chi connectivity index (χ0v) is 14.6. The van der Waals surface area contributed by atoms with E-state index in [0.717, 1.165) is 10.9 Å². The molecule has 1 aromatic heterocycles. The Morgan fingerprint density at radius 3 is 2.59 bits per heavy atom. The van der Waals surface area contributed by atoms with Crippen molar-refractivity contribution in [2.24, 2.45) is 0 Å². The summed E-state index contributed by atoms with van der Waals surface area (Å²) in [4.78, 5) is 12.1. The average molecular weight is 361 g/mol. The minimum absolute atomic E-state index is 0.0106. The Hall–Kier alpha value is -1.55. The van der Waals surface area contributed by atoms with E-state index < -0.39 is 0 Å². The number of rotatable bonds is 5. The van der Waals surface area contributed by atoms with Crippen LogP contribution in [0.4, 0.5) is 0 Å². The number of amides is 1. The van der Waals surface area contributed by atoms with Gasteiger partial charge in [-0.05, 0) is 69.0 Å². The van der Waals surface area contributed by atoms with Crippen LogP contribution in [0.3, 0.4) is 0 Å². The van der Waals surface area contributed by atoms with Crippen molar-refractivity contribution in [2.75, 3.05) is 6.54 Å². The first kappa shape index (κ1) is 15.3. The van der Waals surface area contributed by atoms with Gasteiger partial charge >= 0.3 is 0 Å². The summed E-state index contributed by atoms with van der Waals surface area (Å²) in [5, 5.41) is 3.00. The van der Waals surface area contributed by atoms with E-state index in [1.54, 1.807) is 0 Å². The van der Waals surface area contributed by atoms with Gasteiger partial charge in [0, 0.05) is 34.0 Å². The molecule has 0 unspecified atom stereocenters. The summed E-state index contributed by atoms with van der Waals surface area (Å²) < 4.78 is 3.43. The zero-order valence-electron chi connectivity index (χ0n) is 13.0. The predicted molar refractivity (Wildman–Crippen MR) is 92.4 cm³/mol. The van der Waals surface area contributed by atoms with Crippen LogP contribution in [-0.2, 0) is 6.42 Å². The van der Waals surface area contributed by atoms with Crippen LogP contribution in [-0.4, -0.2) is 17.0 Å². The molecule has 1 heterocycles. The second-order valence-corrected chi connectivity index (χ2v) is 6.93. The molecule has 2 aromatic rings. The summed E-state index contributed by atoms with van der Waals surface area (Å²) in [5.74, 6) is -0.0106. The van der Waals surface area contributed by atoms with Crippen LogP contribution in [0.2, 0.25) is 0 Å². The summed E-state index contributed by atoms with van der Waals surface area (Å²) in [7, 11) is 0. The Balaban J connectivity index is 1.58. The summed E-state index contributed by atoms with van der Waals surface area (Å²) >= 11 is 3.38.